The van der Waals surface area contributed by atoms with Gasteiger partial charge in [-0.25, -0.2) is 9.13 Å². The molecule has 648 valence electrons. The molecule has 2 aliphatic heterocycles. The first-order valence-corrected chi connectivity index (χ1v) is 46.0. The minimum absolute atomic E-state index is 0.0105. The van der Waals surface area contributed by atoms with Crippen molar-refractivity contribution in [2.24, 2.45) is 0 Å². The van der Waals surface area contributed by atoms with Crippen LogP contribution < -0.4 is 10.6 Å². The Balaban J connectivity index is 0.00000111. The van der Waals surface area contributed by atoms with Crippen LogP contribution >= 0.6 is 15.6 Å². The summed E-state index contributed by atoms with van der Waals surface area (Å²) in [5, 5.41) is 17.3. The summed E-state index contributed by atoms with van der Waals surface area (Å²) in [6.07, 6.45) is 55.9. The maximum atomic E-state index is 14.0. The third-order valence-corrected chi connectivity index (χ3v) is 22.5. The van der Waals surface area contributed by atoms with Gasteiger partial charge in [-0.2, -0.15) is 0 Å². The Hall–Kier alpha value is -3.22. The van der Waals surface area contributed by atoms with Crippen LogP contribution in [0.4, 0.5) is 0 Å². The number of rotatable bonds is 76. The molecule has 111 heavy (non-hydrogen) atoms. The summed E-state index contributed by atoms with van der Waals surface area (Å²) >= 11 is 0. The van der Waals surface area contributed by atoms with E-state index in [1.54, 1.807) is 20.3 Å². The molecule has 2 amide bonds. The summed E-state index contributed by atoms with van der Waals surface area (Å²) in [7, 11) is -1.98. The summed E-state index contributed by atoms with van der Waals surface area (Å²) in [5.41, 5.74) is 0. The lowest BCUT2D eigenvalue weighted by Crippen LogP contribution is -2.66. The van der Waals surface area contributed by atoms with E-state index in [-0.39, 0.29) is 76.9 Å². The van der Waals surface area contributed by atoms with E-state index in [0.717, 1.165) is 103 Å². The van der Waals surface area contributed by atoms with E-state index < -0.39 is 76.9 Å². The minimum atomic E-state index is -4.21. The summed E-state index contributed by atoms with van der Waals surface area (Å²) < 4.78 is 116. The first-order valence-electron chi connectivity index (χ1n) is 43.1. The molecule has 0 radical (unpaired) electrons. The molecule has 3 N–H and O–H groups in total. The highest BCUT2D eigenvalue weighted by molar-refractivity contribution is 7.48. The summed E-state index contributed by atoms with van der Waals surface area (Å²) in [6, 6.07) is -1.86. The first kappa shape index (κ1) is 106. The Morgan fingerprint density at radius 1 is 0.432 bits per heavy atom. The average molecular weight is 1620 g/mol. The number of aliphatic hydroxyl groups is 1. The molecule has 0 spiro atoms. The lowest BCUT2D eigenvalue weighted by Gasteiger charge is -2.46. The third-order valence-electron chi connectivity index (χ3n) is 19.6. The summed E-state index contributed by atoms with van der Waals surface area (Å²) in [4.78, 5) is 26.9. The molecule has 0 aromatic rings. The molecule has 2 aliphatic rings. The van der Waals surface area contributed by atoms with E-state index in [0.29, 0.717) is 25.7 Å². The molecular formula is C87H160N2O20P2. The van der Waals surface area contributed by atoms with Crippen molar-refractivity contribution in [2.75, 3.05) is 81.3 Å². The number of phosphoric acid groups is 2. The van der Waals surface area contributed by atoms with Crippen LogP contribution in [0.15, 0.2) is 87.3 Å². The van der Waals surface area contributed by atoms with Crippen LogP contribution in [0.25, 0.3) is 0 Å². The number of unbranched alkanes of at least 4 members (excludes halogenated alkanes) is 30. The Labute approximate surface area is 674 Å². The second kappa shape index (κ2) is 73.2. The van der Waals surface area contributed by atoms with Gasteiger partial charge in [0, 0.05) is 54.5 Å². The maximum absolute atomic E-state index is 14.0. The van der Waals surface area contributed by atoms with Crippen LogP contribution in [0, 0.1) is 0 Å². The van der Waals surface area contributed by atoms with Crippen molar-refractivity contribution in [2.45, 2.75) is 378 Å². The van der Waals surface area contributed by atoms with Crippen molar-refractivity contribution in [3.05, 3.63) is 87.3 Å². The number of hydrogen-bond donors (Lipinski definition) is 3. The van der Waals surface area contributed by atoms with Gasteiger partial charge in [0.05, 0.1) is 58.1 Å². The maximum Gasteiger partial charge on any atom is 0.475 e. The number of nitrogens with one attached hydrogen (secondary N) is 2. The van der Waals surface area contributed by atoms with E-state index in [1.165, 1.54) is 186 Å². The highest BCUT2D eigenvalue weighted by Gasteiger charge is 2.53. The SMILES string of the molecule is C=CCOP(=O)(OCC=C)OC1[C@@H](COC)OC(O)[C@H](NC(=O)CCCCCCCCC/C=C\CCCCCC)[C@H]1OCC[C@@H](CCCCCCC)OC.C=CCOP(=O)(OCC=C)OC1[C@@H](COC)O[C@H](O/C=C\C)[C@H](NC(=O)CCCCCCCCC/C=C\CCCCCC)[C@H]1OCC[C@@H](CCCCCCC)OC. The zero-order valence-corrected chi connectivity index (χ0v) is 72.8. The van der Waals surface area contributed by atoms with E-state index in [2.05, 4.69) is 88.9 Å². The molecule has 2 saturated heterocycles. The predicted octanol–water partition coefficient (Wildman–Crippen LogP) is 21.4. The molecule has 24 heteroatoms. The van der Waals surface area contributed by atoms with E-state index in [9.17, 15) is 23.8 Å². The molecule has 0 bridgehead atoms. The van der Waals surface area contributed by atoms with Gasteiger partial charge in [-0.05, 0) is 96.8 Å². The monoisotopic (exact) mass is 1620 g/mol. The van der Waals surface area contributed by atoms with Crippen molar-refractivity contribution in [1.82, 2.24) is 10.6 Å². The van der Waals surface area contributed by atoms with E-state index in [4.69, 9.17) is 69.8 Å². The first-order chi connectivity index (χ1) is 54.1. The van der Waals surface area contributed by atoms with Gasteiger partial charge in [-0.15, -0.1) is 26.3 Å². The Bertz CT molecular complexity index is 2410. The van der Waals surface area contributed by atoms with Gasteiger partial charge in [0.2, 0.25) is 18.1 Å². The molecule has 2 rings (SSSR count). The van der Waals surface area contributed by atoms with Gasteiger partial charge in [0.15, 0.2) is 6.29 Å². The molecule has 0 aromatic carbocycles. The standard InChI is InChI=1S/C45H82NO10P.C42H78NO10P/c1-8-13-15-17-18-19-20-21-22-23-24-25-26-28-30-32-41(47)46-42-44(51-37-33-39(50-7)31-29-27-16-14-9-2)43(40(38-49-6)55-45(42)52-34-10-3)56-57(48,53-35-11-4)54-36-12-5;1-7-11-13-15-16-17-18-19-20-21-22-23-24-26-28-30-38(44)43-39-41(49-34-31-36(48-6)29-27-25-14-12-8-2)40(37(35-47-5)52-42(39)45)53-54(46,50-32-9-3)51-33-10-4/h10-12,19-20,34,39-40,42-45H,4-5,8-9,13-18,21-33,35-38H2,1-3,6-7H3,(H,46,47);9-10,17-18,36-37,39-42,45H,3-4,7-8,11-16,19-35H2,1-2,5-6H3,(H,43,44)/b20-19-,34-10-;18-17-/t39-,40-,42-,43?,44-,45+;36-,37-,39-,40?,41-,42?/m11/s1. The zero-order valence-electron chi connectivity index (χ0n) is 71.0. The molecule has 12 atom stereocenters. The van der Waals surface area contributed by atoms with Crippen molar-refractivity contribution in [3.8, 4) is 0 Å². The number of carbonyl (C=O) groups excluding carboxylic acids is 2. The fraction of sp³-hybridized carbons (Fsp3) is 0.816. The highest BCUT2D eigenvalue weighted by Crippen LogP contribution is 2.54. The van der Waals surface area contributed by atoms with Gasteiger partial charge in [0.1, 0.15) is 48.7 Å². The molecule has 2 heterocycles. The minimum Gasteiger partial charge on any atom is -0.471 e. The number of amides is 2. The topological polar surface area (TPSA) is 251 Å². The molecule has 0 aromatic heterocycles. The average Bonchev–Trinajstić information content (AvgIpc) is 0.786. The fourth-order valence-electron chi connectivity index (χ4n) is 13.3. The zero-order chi connectivity index (χ0) is 81.5. The number of carbonyl (C=O) groups is 2. The Morgan fingerprint density at radius 2 is 0.757 bits per heavy atom. The number of allylic oxidation sites excluding steroid dienone is 5. The van der Waals surface area contributed by atoms with Gasteiger partial charge in [0.25, 0.3) is 0 Å². The smallest absolute Gasteiger partial charge is 0.471 e. The van der Waals surface area contributed by atoms with Crippen LogP contribution in [0.3, 0.4) is 0 Å². The normalized spacial score (nSPS) is 20.8. The van der Waals surface area contributed by atoms with Gasteiger partial charge in [-0.3, -0.25) is 36.7 Å². The molecule has 2 fully saturated rings. The summed E-state index contributed by atoms with van der Waals surface area (Å²) in [6.45, 7) is 25.5. The highest BCUT2D eigenvalue weighted by atomic mass is 31.2. The number of methoxy groups -OCH3 is 4. The van der Waals surface area contributed by atoms with Gasteiger partial charge < -0.3 is 58.4 Å². The predicted molar refractivity (Wildman–Crippen MR) is 449 cm³/mol. The molecule has 22 nitrogen and oxygen atoms in total. The lowest BCUT2D eigenvalue weighted by molar-refractivity contribution is -0.262. The quantitative estimate of drug-likeness (QED) is 0.0221. The Morgan fingerprint density at radius 3 is 1.11 bits per heavy atom. The number of phosphoric ester groups is 2. The van der Waals surface area contributed by atoms with Gasteiger partial charge >= 0.3 is 15.6 Å². The van der Waals surface area contributed by atoms with Crippen LogP contribution in [-0.4, -0.2) is 172 Å². The largest absolute Gasteiger partial charge is 0.475 e. The fourth-order valence-corrected chi connectivity index (χ4v) is 16.0. The van der Waals surface area contributed by atoms with Crippen LogP contribution in [-0.2, 0) is 88.5 Å². The van der Waals surface area contributed by atoms with Crippen LogP contribution in [0.1, 0.15) is 304 Å². The number of hydrogen-bond acceptors (Lipinski definition) is 20. The second-order valence-corrected chi connectivity index (χ2v) is 32.5. The van der Waals surface area contributed by atoms with E-state index in [1.807, 2.05) is 6.92 Å². The van der Waals surface area contributed by atoms with Crippen LogP contribution in [0.5, 0.6) is 0 Å². The van der Waals surface area contributed by atoms with Crippen LogP contribution in [0.2, 0.25) is 0 Å². The van der Waals surface area contributed by atoms with Gasteiger partial charge in [-0.1, -0.05) is 249 Å². The Kier molecular flexibility index (Phi) is 69.7. The molecule has 0 saturated carbocycles. The summed E-state index contributed by atoms with van der Waals surface area (Å²) in [5.74, 6) is -0.398. The lowest BCUT2D eigenvalue weighted by atomic mass is 9.96. The molecule has 0 aliphatic carbocycles. The second-order valence-electron chi connectivity index (χ2n) is 29.2. The van der Waals surface area contributed by atoms with E-state index >= 15 is 0 Å². The molecular weight excluding hydrogens is 1450 g/mol. The molecule has 3 unspecified atom stereocenters. The third kappa shape index (κ3) is 53.0. The van der Waals surface area contributed by atoms with Crippen molar-refractivity contribution >= 4 is 27.5 Å². The number of ether oxygens (including phenoxy) is 9. The van der Waals surface area contributed by atoms with Crippen molar-refractivity contribution in [1.29, 1.82) is 0 Å². The van der Waals surface area contributed by atoms with Crippen molar-refractivity contribution in [3.63, 3.8) is 0 Å². The number of aliphatic hydroxyl groups excluding tert-OH is 1. The van der Waals surface area contributed by atoms with Crippen molar-refractivity contribution < 1.29 is 93.6 Å².